The molecule has 0 N–H and O–H groups in total. The van der Waals surface area contributed by atoms with Crippen molar-refractivity contribution in [3.05, 3.63) is 0 Å². The minimum atomic E-state index is 0.265. The molecule has 2 saturated carbocycles. The van der Waals surface area contributed by atoms with E-state index in [2.05, 4.69) is 0 Å². The Morgan fingerprint density at radius 2 is 2.25 bits per heavy atom. The molecule has 1 saturated heterocycles. The lowest BCUT2D eigenvalue weighted by Crippen LogP contribution is -2.43. The summed E-state index contributed by atoms with van der Waals surface area (Å²) >= 11 is 0. The number of hydrogen-bond acceptors (Lipinski definition) is 2. The van der Waals surface area contributed by atoms with Crippen molar-refractivity contribution in [2.45, 2.75) is 37.7 Å². The summed E-state index contributed by atoms with van der Waals surface area (Å²) in [5, 5.41) is 0. The molecular weight excluding hydrogens is 152 g/mol. The van der Waals surface area contributed by atoms with Gasteiger partial charge in [0.25, 0.3) is 0 Å². The van der Waals surface area contributed by atoms with Gasteiger partial charge in [0.1, 0.15) is 6.79 Å². The van der Waals surface area contributed by atoms with Gasteiger partial charge in [0.2, 0.25) is 0 Å². The van der Waals surface area contributed by atoms with Gasteiger partial charge < -0.3 is 9.47 Å². The summed E-state index contributed by atoms with van der Waals surface area (Å²) < 4.78 is 11.1. The van der Waals surface area contributed by atoms with Crippen molar-refractivity contribution >= 4 is 0 Å². The van der Waals surface area contributed by atoms with Crippen LogP contribution in [0.1, 0.15) is 32.1 Å². The van der Waals surface area contributed by atoms with Gasteiger partial charge in [-0.25, -0.2) is 0 Å². The molecule has 1 aliphatic heterocycles. The maximum atomic E-state index is 5.84. The summed E-state index contributed by atoms with van der Waals surface area (Å²) in [7, 11) is 0. The summed E-state index contributed by atoms with van der Waals surface area (Å²) in [6.45, 7) is 1.46. The fourth-order valence-corrected chi connectivity index (χ4v) is 3.41. The summed E-state index contributed by atoms with van der Waals surface area (Å²) in [6.07, 6.45) is 6.76. The van der Waals surface area contributed by atoms with E-state index in [1.54, 1.807) is 0 Å². The fraction of sp³-hybridized carbons (Fsp3) is 1.00. The highest BCUT2D eigenvalue weighted by Crippen LogP contribution is 2.54. The first kappa shape index (κ1) is 7.34. The van der Waals surface area contributed by atoms with E-state index in [1.165, 1.54) is 25.7 Å². The van der Waals surface area contributed by atoms with Crippen LogP contribution in [-0.4, -0.2) is 19.0 Å². The van der Waals surface area contributed by atoms with Crippen molar-refractivity contribution in [2.24, 2.45) is 11.8 Å². The second-order valence-electron chi connectivity index (χ2n) is 4.57. The number of fused-ring (bicyclic) bond motifs is 3. The monoisotopic (exact) mass is 168 g/mol. The maximum absolute atomic E-state index is 5.84. The first-order chi connectivity index (χ1) is 5.89. The van der Waals surface area contributed by atoms with E-state index in [-0.39, 0.29) is 5.60 Å². The van der Waals surface area contributed by atoms with Crippen LogP contribution in [0.25, 0.3) is 0 Å². The van der Waals surface area contributed by atoms with Crippen LogP contribution in [0.3, 0.4) is 0 Å². The molecule has 0 aromatic rings. The van der Waals surface area contributed by atoms with Crippen LogP contribution in [0.5, 0.6) is 0 Å². The second kappa shape index (κ2) is 2.46. The molecule has 2 bridgehead atoms. The fourth-order valence-electron chi connectivity index (χ4n) is 3.41. The number of ether oxygens (including phenoxy) is 2. The van der Waals surface area contributed by atoms with Crippen LogP contribution in [0.4, 0.5) is 0 Å². The highest BCUT2D eigenvalue weighted by Gasteiger charge is 2.52. The number of rotatable bonds is 0. The molecule has 0 aromatic carbocycles. The van der Waals surface area contributed by atoms with Crippen LogP contribution in [0.15, 0.2) is 0 Å². The molecular formula is C10H16O2. The first-order valence-electron chi connectivity index (χ1n) is 5.11. The van der Waals surface area contributed by atoms with E-state index < -0.39 is 0 Å². The first-order valence-corrected chi connectivity index (χ1v) is 5.11. The third kappa shape index (κ3) is 0.882. The van der Waals surface area contributed by atoms with E-state index in [1.807, 2.05) is 0 Å². The Kier molecular flexibility index (Phi) is 1.50. The molecule has 1 spiro atoms. The zero-order valence-corrected chi connectivity index (χ0v) is 7.42. The van der Waals surface area contributed by atoms with Crippen molar-refractivity contribution in [2.75, 3.05) is 13.4 Å². The van der Waals surface area contributed by atoms with Crippen LogP contribution < -0.4 is 0 Å². The average molecular weight is 168 g/mol. The Balaban J connectivity index is 1.81. The third-order valence-corrected chi connectivity index (χ3v) is 4.02. The molecule has 2 aliphatic carbocycles. The molecule has 0 radical (unpaired) electrons. The summed E-state index contributed by atoms with van der Waals surface area (Å²) in [6, 6.07) is 0. The van der Waals surface area contributed by atoms with E-state index in [0.29, 0.717) is 6.79 Å². The van der Waals surface area contributed by atoms with Crippen molar-refractivity contribution < 1.29 is 9.47 Å². The molecule has 2 heteroatoms. The Hall–Kier alpha value is -0.0800. The van der Waals surface area contributed by atoms with E-state index in [9.17, 15) is 0 Å². The smallest absolute Gasteiger partial charge is 0.147 e. The van der Waals surface area contributed by atoms with Gasteiger partial charge >= 0.3 is 0 Å². The van der Waals surface area contributed by atoms with Crippen molar-refractivity contribution in [1.29, 1.82) is 0 Å². The lowest BCUT2D eigenvalue weighted by molar-refractivity contribution is -0.212. The molecule has 3 unspecified atom stereocenters. The van der Waals surface area contributed by atoms with E-state index in [4.69, 9.17) is 9.47 Å². The molecule has 3 aliphatic rings. The van der Waals surface area contributed by atoms with E-state index >= 15 is 0 Å². The van der Waals surface area contributed by atoms with Gasteiger partial charge in [-0.2, -0.15) is 0 Å². The maximum Gasteiger partial charge on any atom is 0.147 e. The van der Waals surface area contributed by atoms with Gasteiger partial charge in [0.15, 0.2) is 0 Å². The van der Waals surface area contributed by atoms with Crippen molar-refractivity contribution in [3.8, 4) is 0 Å². The zero-order chi connectivity index (χ0) is 8.02. The SMILES string of the molecule is C1CC2(CC3CCC2C3)OCO1. The highest BCUT2D eigenvalue weighted by atomic mass is 16.7. The topological polar surface area (TPSA) is 18.5 Å². The standard InChI is InChI=1S/C10H16O2/c1-2-9-5-8(1)6-10(9)3-4-11-7-12-10/h8-9H,1-7H2. The summed E-state index contributed by atoms with van der Waals surface area (Å²) in [5.74, 6) is 1.85. The number of hydrogen-bond donors (Lipinski definition) is 0. The highest BCUT2D eigenvalue weighted by molar-refractivity contribution is 5.02. The van der Waals surface area contributed by atoms with Crippen LogP contribution in [-0.2, 0) is 9.47 Å². The normalized spacial score (nSPS) is 52.0. The van der Waals surface area contributed by atoms with Crippen LogP contribution in [0, 0.1) is 11.8 Å². The van der Waals surface area contributed by atoms with Crippen molar-refractivity contribution in [3.63, 3.8) is 0 Å². The minimum Gasteiger partial charge on any atom is -0.355 e. The molecule has 12 heavy (non-hydrogen) atoms. The Morgan fingerprint density at radius 1 is 1.25 bits per heavy atom. The van der Waals surface area contributed by atoms with Gasteiger partial charge in [-0.3, -0.25) is 0 Å². The predicted octanol–water partition coefficient (Wildman–Crippen LogP) is 1.94. The lowest BCUT2D eigenvalue weighted by Gasteiger charge is -2.40. The Labute approximate surface area is 73.2 Å². The molecule has 0 amide bonds. The van der Waals surface area contributed by atoms with Gasteiger partial charge in [0.05, 0.1) is 12.2 Å². The second-order valence-corrected chi connectivity index (χ2v) is 4.57. The van der Waals surface area contributed by atoms with Crippen LogP contribution in [0.2, 0.25) is 0 Å². The van der Waals surface area contributed by atoms with Gasteiger partial charge in [-0.15, -0.1) is 0 Å². The predicted molar refractivity (Wildman–Crippen MR) is 44.7 cm³/mol. The lowest BCUT2D eigenvalue weighted by atomic mass is 9.81. The summed E-state index contributed by atoms with van der Waals surface area (Å²) in [5.41, 5.74) is 0.265. The molecule has 0 aromatic heterocycles. The van der Waals surface area contributed by atoms with Gasteiger partial charge in [-0.1, -0.05) is 0 Å². The Morgan fingerprint density at radius 3 is 2.83 bits per heavy atom. The molecule has 1 heterocycles. The molecule has 68 valence electrons. The molecule has 3 atom stereocenters. The minimum absolute atomic E-state index is 0.265. The van der Waals surface area contributed by atoms with E-state index in [0.717, 1.165) is 24.9 Å². The third-order valence-electron chi connectivity index (χ3n) is 4.02. The van der Waals surface area contributed by atoms with Crippen molar-refractivity contribution in [1.82, 2.24) is 0 Å². The quantitative estimate of drug-likeness (QED) is 0.550. The molecule has 3 fully saturated rings. The van der Waals surface area contributed by atoms with Crippen LogP contribution >= 0.6 is 0 Å². The average Bonchev–Trinajstić information content (AvgIpc) is 2.65. The largest absolute Gasteiger partial charge is 0.355 e. The van der Waals surface area contributed by atoms with Gasteiger partial charge in [-0.05, 0) is 37.5 Å². The summed E-state index contributed by atoms with van der Waals surface area (Å²) in [4.78, 5) is 0. The Bertz CT molecular complexity index is 184. The van der Waals surface area contributed by atoms with Gasteiger partial charge in [0, 0.05) is 6.42 Å². The zero-order valence-electron chi connectivity index (χ0n) is 7.42. The molecule has 3 rings (SSSR count). The molecule has 2 nitrogen and oxygen atoms in total.